The Morgan fingerprint density at radius 2 is 1.82 bits per heavy atom. The topological polar surface area (TPSA) is 193 Å². The Bertz CT molecular complexity index is 656. The number of hydrogen-bond acceptors (Lipinski definition) is 7. The second-order valence-corrected chi connectivity index (χ2v) is 7.48. The average Bonchev–Trinajstić information content (AvgIpc) is 3.28. The molecule has 8 N–H and O–H groups in total. The Kier molecular flexibility index (Phi) is 6.63. The number of aliphatic hydroxyl groups excluding tert-OH is 2. The number of amides is 4. The number of rotatable bonds is 7. The lowest BCUT2D eigenvalue weighted by atomic mass is 9.80. The van der Waals surface area contributed by atoms with Crippen molar-refractivity contribution >= 4 is 23.6 Å². The predicted octanol–water partition coefficient (Wildman–Crippen LogP) is -3.37. The minimum absolute atomic E-state index is 0.0933. The van der Waals surface area contributed by atoms with E-state index in [2.05, 4.69) is 0 Å². The second kappa shape index (κ2) is 8.41. The molecule has 1 unspecified atom stereocenters. The van der Waals surface area contributed by atoms with Crippen molar-refractivity contribution < 1.29 is 29.4 Å². The number of hydrogen-bond donors (Lipinski definition) is 5. The van der Waals surface area contributed by atoms with Gasteiger partial charge < -0.3 is 37.2 Å². The van der Waals surface area contributed by atoms with E-state index >= 15 is 0 Å². The monoisotopic (exact) mass is 399 g/mol. The number of aliphatic hydroxyl groups is 2. The van der Waals surface area contributed by atoms with Crippen LogP contribution in [0.15, 0.2) is 0 Å². The van der Waals surface area contributed by atoms with Crippen molar-refractivity contribution in [2.75, 3.05) is 19.7 Å². The molecule has 0 radical (unpaired) electrons. The molecule has 0 aliphatic carbocycles. The van der Waals surface area contributed by atoms with Gasteiger partial charge in [0.05, 0.1) is 18.6 Å². The molecule has 2 aliphatic rings. The van der Waals surface area contributed by atoms with Gasteiger partial charge in [-0.1, -0.05) is 0 Å². The minimum atomic E-state index is -1.73. The van der Waals surface area contributed by atoms with E-state index in [1.54, 1.807) is 0 Å². The van der Waals surface area contributed by atoms with Crippen LogP contribution in [-0.2, 0) is 19.2 Å². The molecule has 2 saturated heterocycles. The summed E-state index contributed by atoms with van der Waals surface area (Å²) < 4.78 is 0. The molecule has 0 saturated carbocycles. The van der Waals surface area contributed by atoms with Crippen LogP contribution in [0.5, 0.6) is 0 Å². The van der Waals surface area contributed by atoms with Gasteiger partial charge in [0.15, 0.2) is 0 Å². The highest BCUT2D eigenvalue weighted by atomic mass is 16.3. The summed E-state index contributed by atoms with van der Waals surface area (Å²) in [5, 5.41) is 19.3. The molecule has 0 aromatic rings. The molecule has 2 aliphatic heterocycles. The second-order valence-electron chi connectivity index (χ2n) is 7.48. The van der Waals surface area contributed by atoms with Gasteiger partial charge in [-0.2, -0.15) is 0 Å². The molecular formula is C17H29N5O6. The maximum atomic E-state index is 13.3. The maximum Gasteiger partial charge on any atom is 0.246 e. The van der Waals surface area contributed by atoms with E-state index < -0.39 is 59.9 Å². The summed E-state index contributed by atoms with van der Waals surface area (Å²) >= 11 is 0. The summed E-state index contributed by atoms with van der Waals surface area (Å²) in [5.41, 5.74) is 14.9. The molecule has 2 fully saturated rings. The molecule has 5 atom stereocenters. The van der Waals surface area contributed by atoms with Gasteiger partial charge in [-0.25, -0.2) is 0 Å². The highest BCUT2D eigenvalue weighted by Gasteiger charge is 2.57. The number of primary amides is 2. The molecule has 0 aromatic heterocycles. The van der Waals surface area contributed by atoms with E-state index in [1.165, 1.54) is 16.7 Å². The molecule has 0 bridgehead atoms. The van der Waals surface area contributed by atoms with Crippen LogP contribution >= 0.6 is 0 Å². The van der Waals surface area contributed by atoms with Gasteiger partial charge in [-0.15, -0.1) is 0 Å². The SMILES string of the molecule is C[C@@H](O)[C@H](N)C(=O)N1CCC[C@H]1C(=O)N1CCCC1(C(N)=O)[C@@H](CO)C(N)=O. The van der Waals surface area contributed by atoms with Gasteiger partial charge >= 0.3 is 0 Å². The smallest absolute Gasteiger partial charge is 0.246 e. The number of carbonyl (C=O) groups excluding carboxylic acids is 4. The number of nitrogens with zero attached hydrogens (tertiary/aromatic N) is 2. The van der Waals surface area contributed by atoms with Crippen molar-refractivity contribution in [1.82, 2.24) is 9.80 Å². The van der Waals surface area contributed by atoms with Crippen molar-refractivity contribution in [3.8, 4) is 0 Å². The van der Waals surface area contributed by atoms with E-state index in [0.717, 1.165) is 0 Å². The van der Waals surface area contributed by atoms with Gasteiger partial charge in [0.2, 0.25) is 23.6 Å². The quantitative estimate of drug-likeness (QED) is 0.294. The Morgan fingerprint density at radius 1 is 1.18 bits per heavy atom. The van der Waals surface area contributed by atoms with E-state index in [4.69, 9.17) is 17.2 Å². The first kappa shape index (κ1) is 22.1. The molecular weight excluding hydrogens is 370 g/mol. The third-order valence-corrected chi connectivity index (χ3v) is 5.84. The third-order valence-electron chi connectivity index (χ3n) is 5.84. The fraction of sp³-hybridized carbons (Fsp3) is 0.765. The number of likely N-dealkylation sites (tertiary alicyclic amines) is 2. The molecule has 2 rings (SSSR count). The van der Waals surface area contributed by atoms with Crippen LogP contribution in [0.4, 0.5) is 0 Å². The molecule has 0 spiro atoms. The van der Waals surface area contributed by atoms with E-state index in [1.807, 2.05) is 0 Å². The standard InChI is InChI=1S/C17H29N5O6/c1-9(24)12(18)15(27)21-6-2-4-11(21)14(26)22-7-3-5-17(22,16(20)28)10(8-23)13(19)25/h9-12,23-24H,2-8,18H2,1H3,(H2,19,25)(H2,20,28)/t9-,10+,11+,12+,17?/m1/s1. The lowest BCUT2D eigenvalue weighted by Crippen LogP contribution is -2.66. The van der Waals surface area contributed by atoms with Gasteiger partial charge in [0.25, 0.3) is 0 Å². The fourth-order valence-corrected chi connectivity index (χ4v) is 4.28. The van der Waals surface area contributed by atoms with Crippen LogP contribution < -0.4 is 17.2 Å². The summed E-state index contributed by atoms with van der Waals surface area (Å²) in [5.74, 6) is -4.31. The Balaban J connectivity index is 2.36. The van der Waals surface area contributed by atoms with Gasteiger partial charge in [0.1, 0.15) is 17.6 Å². The maximum absolute atomic E-state index is 13.3. The Hall–Kier alpha value is -2.24. The predicted molar refractivity (Wildman–Crippen MR) is 97.0 cm³/mol. The fourth-order valence-electron chi connectivity index (χ4n) is 4.28. The van der Waals surface area contributed by atoms with E-state index in [9.17, 15) is 29.4 Å². The van der Waals surface area contributed by atoms with Crippen LogP contribution in [0.1, 0.15) is 32.6 Å². The molecule has 0 aromatic carbocycles. The van der Waals surface area contributed by atoms with Crippen molar-refractivity contribution in [1.29, 1.82) is 0 Å². The zero-order valence-corrected chi connectivity index (χ0v) is 15.9. The summed E-state index contributed by atoms with van der Waals surface area (Å²) in [6, 6.07) is -2.06. The van der Waals surface area contributed by atoms with Crippen LogP contribution in [0, 0.1) is 5.92 Å². The summed E-state index contributed by atoms with van der Waals surface area (Å²) in [4.78, 5) is 52.6. The lowest BCUT2D eigenvalue weighted by molar-refractivity contribution is -0.156. The number of nitrogens with two attached hydrogens (primary N) is 3. The van der Waals surface area contributed by atoms with Crippen molar-refractivity contribution in [3.63, 3.8) is 0 Å². The first-order valence-electron chi connectivity index (χ1n) is 9.35. The first-order chi connectivity index (χ1) is 13.1. The zero-order valence-electron chi connectivity index (χ0n) is 15.9. The molecule has 2 heterocycles. The molecule has 4 amide bonds. The van der Waals surface area contributed by atoms with E-state index in [0.29, 0.717) is 19.3 Å². The summed E-state index contributed by atoms with van der Waals surface area (Å²) in [7, 11) is 0. The van der Waals surface area contributed by atoms with Crippen molar-refractivity contribution in [3.05, 3.63) is 0 Å². The third kappa shape index (κ3) is 3.56. The number of carbonyl (C=O) groups is 4. The van der Waals surface area contributed by atoms with Crippen LogP contribution in [0.25, 0.3) is 0 Å². The van der Waals surface area contributed by atoms with Crippen LogP contribution in [0.2, 0.25) is 0 Å². The van der Waals surface area contributed by atoms with Gasteiger partial charge in [0, 0.05) is 13.1 Å². The highest BCUT2D eigenvalue weighted by molar-refractivity contribution is 5.99. The van der Waals surface area contributed by atoms with Gasteiger partial charge in [-0.05, 0) is 32.6 Å². The van der Waals surface area contributed by atoms with Crippen LogP contribution in [-0.4, -0.2) is 87.1 Å². The van der Waals surface area contributed by atoms with Crippen molar-refractivity contribution in [2.24, 2.45) is 23.1 Å². The average molecular weight is 399 g/mol. The van der Waals surface area contributed by atoms with Crippen LogP contribution in [0.3, 0.4) is 0 Å². The Morgan fingerprint density at radius 3 is 2.32 bits per heavy atom. The lowest BCUT2D eigenvalue weighted by Gasteiger charge is -2.42. The molecule has 11 heteroatoms. The van der Waals surface area contributed by atoms with Gasteiger partial charge in [-0.3, -0.25) is 19.2 Å². The molecule has 28 heavy (non-hydrogen) atoms. The summed E-state index contributed by atoms with van der Waals surface area (Å²) in [6.45, 7) is 1.08. The minimum Gasteiger partial charge on any atom is -0.395 e. The Labute approximate surface area is 162 Å². The zero-order chi connectivity index (χ0) is 21.2. The largest absolute Gasteiger partial charge is 0.395 e. The first-order valence-corrected chi connectivity index (χ1v) is 9.35. The summed E-state index contributed by atoms with van der Waals surface area (Å²) in [6.07, 6.45) is 0.297. The normalized spacial score (nSPS) is 28.1. The van der Waals surface area contributed by atoms with Crippen molar-refractivity contribution in [2.45, 2.75) is 56.3 Å². The van der Waals surface area contributed by atoms with E-state index in [-0.39, 0.29) is 19.5 Å². The molecule has 11 nitrogen and oxygen atoms in total. The molecule has 158 valence electrons. The highest BCUT2D eigenvalue weighted by Crippen LogP contribution is 2.38.